The highest BCUT2D eigenvalue weighted by atomic mass is 16.4. The highest BCUT2D eigenvalue weighted by Crippen LogP contribution is 2.30. The second-order valence-electron chi connectivity index (χ2n) is 10.1. The van der Waals surface area contributed by atoms with E-state index in [1.165, 1.54) is 6.42 Å². The van der Waals surface area contributed by atoms with Gasteiger partial charge in [-0.25, -0.2) is 0 Å². The average Bonchev–Trinajstić information content (AvgIpc) is 3.35. The van der Waals surface area contributed by atoms with E-state index in [0.717, 1.165) is 56.1 Å². The number of piperidine rings is 1. The van der Waals surface area contributed by atoms with Crippen molar-refractivity contribution in [1.29, 1.82) is 0 Å². The molecule has 0 spiro atoms. The molecule has 1 aliphatic carbocycles. The van der Waals surface area contributed by atoms with Crippen molar-refractivity contribution in [2.45, 2.75) is 82.8 Å². The Morgan fingerprint density at radius 3 is 2.79 bits per heavy atom. The number of likely N-dealkylation sites (tertiary alicyclic amines) is 1. The van der Waals surface area contributed by atoms with Crippen molar-refractivity contribution < 1.29 is 14.0 Å². The molecule has 2 aliphatic heterocycles. The first kappa shape index (κ1) is 23.0. The van der Waals surface area contributed by atoms with Crippen molar-refractivity contribution in [1.82, 2.24) is 25.7 Å². The molecule has 1 aromatic heterocycles. The van der Waals surface area contributed by atoms with Crippen LogP contribution >= 0.6 is 0 Å². The molecule has 3 aliphatic rings. The number of nitrogens with one attached hydrogen (secondary N) is 2. The zero-order chi connectivity index (χ0) is 23.5. The molecule has 2 N–H and O–H groups in total. The summed E-state index contributed by atoms with van der Waals surface area (Å²) in [6, 6.07) is 8.36. The van der Waals surface area contributed by atoms with Crippen molar-refractivity contribution in [3.63, 3.8) is 0 Å². The predicted octanol–water partition coefficient (Wildman–Crippen LogP) is 3.53. The van der Waals surface area contributed by atoms with E-state index in [-0.39, 0.29) is 29.8 Å². The SMILES string of the molecule is Cc1cccc(-c2nnc(C3CCN(C(=O)CCCC4NC(=O)C5CCCCC5N4)CC3)o2)c1. The zero-order valence-electron chi connectivity index (χ0n) is 20.0. The van der Waals surface area contributed by atoms with Gasteiger partial charge in [0.25, 0.3) is 0 Å². The molecule has 182 valence electrons. The van der Waals surface area contributed by atoms with E-state index in [4.69, 9.17) is 4.42 Å². The lowest BCUT2D eigenvalue weighted by Crippen LogP contribution is -2.62. The van der Waals surface area contributed by atoms with E-state index in [1.807, 2.05) is 36.1 Å². The number of aromatic nitrogens is 2. The fraction of sp³-hybridized carbons (Fsp3) is 0.615. The average molecular weight is 466 g/mol. The van der Waals surface area contributed by atoms with Crippen molar-refractivity contribution >= 4 is 11.8 Å². The van der Waals surface area contributed by atoms with E-state index in [9.17, 15) is 9.59 Å². The Morgan fingerprint density at radius 2 is 1.97 bits per heavy atom. The highest BCUT2D eigenvalue weighted by Gasteiger charge is 2.37. The van der Waals surface area contributed by atoms with Gasteiger partial charge >= 0.3 is 0 Å². The van der Waals surface area contributed by atoms with E-state index < -0.39 is 0 Å². The van der Waals surface area contributed by atoms with Gasteiger partial charge in [0.05, 0.1) is 12.1 Å². The standard InChI is InChI=1S/C26H35N5O3/c1-17-6-4-7-19(16-17)26-30-29-25(34-26)18-12-14-31(15-13-18)23(32)11-5-10-22-27-21-9-3-2-8-20(21)24(33)28-22/h4,6-7,16,18,20-22,27H,2-3,5,8-15H2,1H3,(H,28,33). The number of amides is 2. The summed E-state index contributed by atoms with van der Waals surface area (Å²) in [6.45, 7) is 3.48. The molecule has 2 amide bonds. The number of hydrogen-bond donors (Lipinski definition) is 2. The van der Waals surface area contributed by atoms with Crippen LogP contribution in [0.15, 0.2) is 28.7 Å². The highest BCUT2D eigenvalue weighted by molar-refractivity contribution is 5.80. The maximum absolute atomic E-state index is 12.8. The number of fused-ring (bicyclic) bond motifs is 1. The number of nitrogens with zero attached hydrogens (tertiary/aromatic N) is 3. The summed E-state index contributed by atoms with van der Waals surface area (Å²) in [6.07, 6.45) is 8.16. The summed E-state index contributed by atoms with van der Waals surface area (Å²) in [7, 11) is 0. The van der Waals surface area contributed by atoms with E-state index >= 15 is 0 Å². The largest absolute Gasteiger partial charge is 0.420 e. The fourth-order valence-electron chi connectivity index (χ4n) is 5.66. The van der Waals surface area contributed by atoms with E-state index in [0.29, 0.717) is 37.3 Å². The van der Waals surface area contributed by atoms with Gasteiger partial charge in [-0.2, -0.15) is 0 Å². The molecule has 2 aromatic rings. The molecule has 8 nitrogen and oxygen atoms in total. The maximum Gasteiger partial charge on any atom is 0.247 e. The molecule has 3 atom stereocenters. The molecule has 0 bridgehead atoms. The van der Waals surface area contributed by atoms with Crippen LogP contribution in [-0.4, -0.2) is 52.2 Å². The fourth-order valence-corrected chi connectivity index (χ4v) is 5.66. The molecule has 1 saturated carbocycles. The third-order valence-corrected chi connectivity index (χ3v) is 7.62. The Balaban J connectivity index is 1.06. The minimum Gasteiger partial charge on any atom is -0.420 e. The molecule has 3 heterocycles. The molecule has 3 fully saturated rings. The Hall–Kier alpha value is -2.74. The normalized spacial score (nSPS) is 25.6. The third kappa shape index (κ3) is 5.17. The van der Waals surface area contributed by atoms with E-state index in [1.54, 1.807) is 0 Å². The second-order valence-corrected chi connectivity index (χ2v) is 10.1. The molecule has 5 rings (SSSR count). The lowest BCUT2D eigenvalue weighted by Gasteiger charge is -2.40. The van der Waals surface area contributed by atoms with Crippen molar-refractivity contribution in [2.24, 2.45) is 5.92 Å². The summed E-state index contributed by atoms with van der Waals surface area (Å²) < 4.78 is 5.97. The molecule has 2 saturated heterocycles. The first-order valence-corrected chi connectivity index (χ1v) is 12.8. The molecule has 3 unspecified atom stereocenters. The lowest BCUT2D eigenvalue weighted by molar-refractivity contribution is -0.132. The van der Waals surface area contributed by atoms with Gasteiger partial charge in [0.1, 0.15) is 0 Å². The minimum absolute atomic E-state index is 0.00879. The Labute approximate surface area is 200 Å². The maximum atomic E-state index is 12.8. The van der Waals surface area contributed by atoms with Gasteiger partial charge in [0, 0.05) is 37.0 Å². The minimum atomic E-state index is -0.00879. The van der Waals surface area contributed by atoms with Crippen molar-refractivity contribution in [2.75, 3.05) is 13.1 Å². The number of carbonyl (C=O) groups excluding carboxylic acids is 2. The van der Waals surface area contributed by atoms with Crippen LogP contribution < -0.4 is 10.6 Å². The zero-order valence-corrected chi connectivity index (χ0v) is 20.0. The Bertz CT molecular complexity index is 1010. The number of hydrogen-bond acceptors (Lipinski definition) is 6. The van der Waals surface area contributed by atoms with Crippen LogP contribution in [0.5, 0.6) is 0 Å². The van der Waals surface area contributed by atoms with Gasteiger partial charge in [-0.3, -0.25) is 14.9 Å². The molecular formula is C26H35N5O3. The van der Waals surface area contributed by atoms with Crippen LogP contribution in [0.2, 0.25) is 0 Å². The van der Waals surface area contributed by atoms with Gasteiger partial charge in [-0.1, -0.05) is 30.5 Å². The van der Waals surface area contributed by atoms with Gasteiger partial charge in [-0.15, -0.1) is 10.2 Å². The summed E-state index contributed by atoms with van der Waals surface area (Å²) in [4.78, 5) is 27.1. The van der Waals surface area contributed by atoms with Crippen LogP contribution in [0, 0.1) is 12.8 Å². The predicted molar refractivity (Wildman–Crippen MR) is 128 cm³/mol. The molecule has 34 heavy (non-hydrogen) atoms. The van der Waals surface area contributed by atoms with Crippen molar-refractivity contribution in [3.05, 3.63) is 35.7 Å². The molecule has 1 aromatic carbocycles. The summed E-state index contributed by atoms with van der Waals surface area (Å²) in [5, 5.41) is 15.2. The molecule has 8 heteroatoms. The first-order chi connectivity index (χ1) is 16.6. The summed E-state index contributed by atoms with van der Waals surface area (Å²) in [5.41, 5.74) is 2.10. The number of carbonyl (C=O) groups is 2. The van der Waals surface area contributed by atoms with Crippen molar-refractivity contribution in [3.8, 4) is 11.5 Å². The van der Waals surface area contributed by atoms with Crippen LogP contribution in [-0.2, 0) is 9.59 Å². The molecule has 0 radical (unpaired) electrons. The number of aryl methyl sites for hydroxylation is 1. The first-order valence-electron chi connectivity index (χ1n) is 12.8. The Morgan fingerprint density at radius 1 is 1.15 bits per heavy atom. The van der Waals surface area contributed by atoms with Gasteiger partial charge in [0.15, 0.2) is 0 Å². The summed E-state index contributed by atoms with van der Waals surface area (Å²) >= 11 is 0. The second kappa shape index (κ2) is 10.3. The van der Waals surface area contributed by atoms with Gasteiger partial charge < -0.3 is 14.6 Å². The van der Waals surface area contributed by atoms with Crippen LogP contribution in [0.3, 0.4) is 0 Å². The number of rotatable bonds is 6. The van der Waals surface area contributed by atoms with Crippen LogP contribution in [0.1, 0.15) is 75.2 Å². The van der Waals surface area contributed by atoms with Crippen LogP contribution in [0.25, 0.3) is 11.5 Å². The third-order valence-electron chi connectivity index (χ3n) is 7.62. The quantitative estimate of drug-likeness (QED) is 0.677. The van der Waals surface area contributed by atoms with E-state index in [2.05, 4.69) is 20.8 Å². The smallest absolute Gasteiger partial charge is 0.247 e. The lowest BCUT2D eigenvalue weighted by atomic mass is 9.82. The number of benzene rings is 1. The van der Waals surface area contributed by atoms with Crippen LogP contribution in [0.4, 0.5) is 0 Å². The monoisotopic (exact) mass is 465 g/mol. The van der Waals surface area contributed by atoms with Gasteiger partial charge in [-0.05, 0) is 57.6 Å². The molecular weight excluding hydrogens is 430 g/mol. The Kier molecular flexibility index (Phi) is 6.94. The summed E-state index contributed by atoms with van der Waals surface area (Å²) in [5.74, 6) is 1.93. The van der Waals surface area contributed by atoms with Gasteiger partial charge in [0.2, 0.25) is 23.6 Å². The topological polar surface area (TPSA) is 100 Å².